The Balaban J connectivity index is 1.36. The van der Waals surface area contributed by atoms with Crippen molar-refractivity contribution in [2.45, 2.75) is 12.8 Å². The maximum absolute atomic E-state index is 12.8. The van der Waals surface area contributed by atoms with E-state index in [1.54, 1.807) is 17.3 Å². The molecule has 0 N–H and O–H groups in total. The third-order valence-corrected chi connectivity index (χ3v) is 5.27. The molecule has 0 spiro atoms. The molecule has 0 saturated carbocycles. The van der Waals surface area contributed by atoms with E-state index in [9.17, 15) is 4.79 Å². The topological polar surface area (TPSA) is 83.3 Å². The molecule has 4 heterocycles. The normalized spacial score (nSPS) is 19.7. The Kier molecular flexibility index (Phi) is 4.79. The predicted molar refractivity (Wildman–Crippen MR) is 96.0 cm³/mol. The molecule has 2 aromatic heterocycles. The molecule has 0 radical (unpaired) electrons. The number of likely N-dealkylation sites (N-methyl/N-ethyl adjacent to an activating group) is 1. The van der Waals surface area contributed by atoms with Crippen molar-refractivity contribution in [2.75, 3.05) is 51.2 Å². The van der Waals surface area contributed by atoms with Gasteiger partial charge in [0.05, 0.1) is 0 Å². The quantitative estimate of drug-likeness (QED) is 0.768. The smallest absolute Gasteiger partial charge is 0.225 e. The van der Waals surface area contributed by atoms with Gasteiger partial charge in [0, 0.05) is 51.3 Å². The summed E-state index contributed by atoms with van der Waals surface area (Å²) in [6, 6.07) is 1.91. The van der Waals surface area contributed by atoms with E-state index < -0.39 is 0 Å². The van der Waals surface area contributed by atoms with Crippen molar-refractivity contribution in [2.24, 2.45) is 5.92 Å². The molecule has 2 aliphatic rings. The number of nitrogens with zero attached hydrogens (tertiary/aromatic N) is 8. The Bertz CT molecular complexity index is 733. The van der Waals surface area contributed by atoms with Crippen molar-refractivity contribution in [3.05, 3.63) is 25.0 Å². The van der Waals surface area contributed by atoms with E-state index in [0.29, 0.717) is 11.7 Å². The van der Waals surface area contributed by atoms with Crippen LogP contribution in [-0.4, -0.2) is 86.8 Å². The van der Waals surface area contributed by atoms with Gasteiger partial charge in [0.1, 0.15) is 24.8 Å². The van der Waals surface area contributed by atoms with Crippen LogP contribution in [0, 0.1) is 5.92 Å². The van der Waals surface area contributed by atoms with E-state index in [0.717, 1.165) is 57.9 Å². The number of piperazine rings is 1. The number of amides is 1. The highest BCUT2D eigenvalue weighted by Crippen LogP contribution is 2.24. The Labute approximate surface area is 152 Å². The van der Waals surface area contributed by atoms with Gasteiger partial charge in [0.25, 0.3) is 0 Å². The molecule has 4 rings (SSSR count). The lowest BCUT2D eigenvalue weighted by atomic mass is 9.95. The Morgan fingerprint density at radius 1 is 1.00 bits per heavy atom. The van der Waals surface area contributed by atoms with Gasteiger partial charge in [0.2, 0.25) is 5.91 Å². The van der Waals surface area contributed by atoms with Gasteiger partial charge in [-0.05, 0) is 19.9 Å². The zero-order valence-electron chi connectivity index (χ0n) is 15.0. The lowest BCUT2D eigenvalue weighted by molar-refractivity contribution is -0.137. The van der Waals surface area contributed by atoms with Crippen molar-refractivity contribution >= 4 is 11.7 Å². The van der Waals surface area contributed by atoms with Crippen LogP contribution in [-0.2, 0) is 4.79 Å². The van der Waals surface area contributed by atoms with Crippen LogP contribution in [0.15, 0.2) is 25.0 Å². The Morgan fingerprint density at radius 3 is 2.42 bits per heavy atom. The van der Waals surface area contributed by atoms with Gasteiger partial charge >= 0.3 is 0 Å². The summed E-state index contributed by atoms with van der Waals surface area (Å²) >= 11 is 0. The van der Waals surface area contributed by atoms with E-state index >= 15 is 0 Å². The van der Waals surface area contributed by atoms with Crippen LogP contribution < -0.4 is 4.90 Å². The van der Waals surface area contributed by atoms with E-state index in [2.05, 4.69) is 36.9 Å². The second kappa shape index (κ2) is 7.36. The van der Waals surface area contributed by atoms with Crippen molar-refractivity contribution in [3.8, 4) is 5.82 Å². The zero-order chi connectivity index (χ0) is 17.9. The third kappa shape index (κ3) is 3.52. The molecule has 0 aliphatic carbocycles. The maximum atomic E-state index is 12.8. The summed E-state index contributed by atoms with van der Waals surface area (Å²) in [5.41, 5.74) is 0. The summed E-state index contributed by atoms with van der Waals surface area (Å²) in [6.45, 7) is 5.30. The average Bonchev–Trinajstić information content (AvgIpc) is 3.23. The molecule has 2 fully saturated rings. The first kappa shape index (κ1) is 16.9. The second-order valence-corrected chi connectivity index (χ2v) is 6.96. The van der Waals surface area contributed by atoms with Crippen LogP contribution in [0.2, 0.25) is 0 Å². The first-order chi connectivity index (χ1) is 12.7. The summed E-state index contributed by atoms with van der Waals surface area (Å²) in [7, 11) is 2.11. The SMILES string of the molecule is CN1CCN(C(=O)C2CCN(c3cc(-n4cncn4)ncn3)CC2)CC1. The fraction of sp³-hybridized carbons (Fsp3) is 0.588. The molecule has 0 aromatic carbocycles. The van der Waals surface area contributed by atoms with E-state index in [1.165, 1.54) is 6.33 Å². The fourth-order valence-corrected chi connectivity index (χ4v) is 3.60. The number of carbonyl (C=O) groups is 1. The molecule has 138 valence electrons. The van der Waals surface area contributed by atoms with Gasteiger partial charge in [-0.2, -0.15) is 5.10 Å². The van der Waals surface area contributed by atoms with Crippen molar-refractivity contribution in [1.82, 2.24) is 34.5 Å². The van der Waals surface area contributed by atoms with Crippen molar-refractivity contribution < 1.29 is 4.79 Å². The van der Waals surface area contributed by atoms with Gasteiger partial charge in [-0.1, -0.05) is 0 Å². The summed E-state index contributed by atoms with van der Waals surface area (Å²) < 4.78 is 1.62. The molecular formula is C17H24N8O. The average molecular weight is 356 g/mol. The minimum atomic E-state index is 0.131. The molecule has 0 bridgehead atoms. The number of hydrogen-bond donors (Lipinski definition) is 0. The van der Waals surface area contributed by atoms with E-state index in [1.807, 2.05) is 11.0 Å². The predicted octanol–water partition coefficient (Wildman–Crippen LogP) is 0.0477. The van der Waals surface area contributed by atoms with Crippen LogP contribution in [0.4, 0.5) is 5.82 Å². The largest absolute Gasteiger partial charge is 0.356 e. The molecule has 1 amide bonds. The number of anilines is 1. The van der Waals surface area contributed by atoms with Gasteiger partial charge in [-0.25, -0.2) is 19.6 Å². The number of piperidine rings is 1. The van der Waals surface area contributed by atoms with Crippen molar-refractivity contribution in [1.29, 1.82) is 0 Å². The van der Waals surface area contributed by atoms with Crippen LogP contribution in [0.25, 0.3) is 5.82 Å². The zero-order valence-corrected chi connectivity index (χ0v) is 15.0. The molecular weight excluding hydrogens is 332 g/mol. The second-order valence-electron chi connectivity index (χ2n) is 6.96. The molecule has 0 atom stereocenters. The minimum Gasteiger partial charge on any atom is -0.356 e. The third-order valence-electron chi connectivity index (χ3n) is 5.27. The molecule has 0 unspecified atom stereocenters. The lowest BCUT2D eigenvalue weighted by Crippen LogP contribution is -2.50. The van der Waals surface area contributed by atoms with Gasteiger partial charge in [-0.15, -0.1) is 0 Å². The van der Waals surface area contributed by atoms with Crippen molar-refractivity contribution in [3.63, 3.8) is 0 Å². The van der Waals surface area contributed by atoms with Gasteiger partial charge < -0.3 is 14.7 Å². The molecule has 9 nitrogen and oxygen atoms in total. The van der Waals surface area contributed by atoms with Crippen LogP contribution in [0.5, 0.6) is 0 Å². The highest BCUT2D eigenvalue weighted by atomic mass is 16.2. The summed E-state index contributed by atoms with van der Waals surface area (Å²) in [4.78, 5) is 31.9. The minimum absolute atomic E-state index is 0.131. The Morgan fingerprint density at radius 2 is 1.73 bits per heavy atom. The number of hydrogen-bond acceptors (Lipinski definition) is 7. The standard InChI is InChI=1S/C17H24N8O/c1-22-6-8-24(9-7-22)17(26)14-2-4-23(5-3-14)15-10-16(20-12-19-15)25-13-18-11-21-25/h10-14H,2-9H2,1H3. The highest BCUT2D eigenvalue weighted by Gasteiger charge is 2.30. The summed E-state index contributed by atoms with van der Waals surface area (Å²) in [6.07, 6.45) is 6.39. The number of rotatable bonds is 3. The van der Waals surface area contributed by atoms with Gasteiger partial charge in [-0.3, -0.25) is 4.79 Å². The van der Waals surface area contributed by atoms with E-state index in [4.69, 9.17) is 0 Å². The molecule has 26 heavy (non-hydrogen) atoms. The number of aromatic nitrogens is 5. The molecule has 2 saturated heterocycles. The molecule has 2 aromatic rings. The lowest BCUT2D eigenvalue weighted by Gasteiger charge is -2.37. The first-order valence-corrected chi connectivity index (χ1v) is 9.10. The van der Waals surface area contributed by atoms with Crippen LogP contribution in [0.1, 0.15) is 12.8 Å². The Hall–Kier alpha value is -2.55. The molecule has 2 aliphatic heterocycles. The monoisotopic (exact) mass is 356 g/mol. The highest BCUT2D eigenvalue weighted by molar-refractivity contribution is 5.79. The maximum Gasteiger partial charge on any atom is 0.225 e. The fourth-order valence-electron chi connectivity index (χ4n) is 3.60. The first-order valence-electron chi connectivity index (χ1n) is 9.10. The summed E-state index contributed by atoms with van der Waals surface area (Å²) in [5, 5.41) is 4.11. The van der Waals surface area contributed by atoms with E-state index in [-0.39, 0.29) is 5.92 Å². The van der Waals surface area contributed by atoms with Gasteiger partial charge in [0.15, 0.2) is 5.82 Å². The summed E-state index contributed by atoms with van der Waals surface area (Å²) in [5.74, 6) is 2.02. The number of carbonyl (C=O) groups excluding carboxylic acids is 1. The molecule has 9 heteroatoms. The van der Waals surface area contributed by atoms with Crippen LogP contribution in [0.3, 0.4) is 0 Å². The van der Waals surface area contributed by atoms with Crippen LogP contribution >= 0.6 is 0 Å².